The zero-order valence-electron chi connectivity index (χ0n) is 11.4. The van der Waals surface area contributed by atoms with Crippen LogP contribution in [0.5, 0.6) is 0 Å². The van der Waals surface area contributed by atoms with Gasteiger partial charge in [0.2, 0.25) is 0 Å². The summed E-state index contributed by atoms with van der Waals surface area (Å²) >= 11 is 7.59. The number of hydrogen-bond donors (Lipinski definition) is 0. The molecule has 1 aliphatic rings. The van der Waals surface area contributed by atoms with Crippen LogP contribution in [0.1, 0.15) is 55.8 Å². The van der Waals surface area contributed by atoms with E-state index in [4.69, 9.17) is 11.6 Å². The maximum absolute atomic E-state index is 5.84. The molecule has 0 spiro atoms. The average molecular weight is 287 g/mol. The lowest BCUT2D eigenvalue weighted by atomic mass is 10.1. The van der Waals surface area contributed by atoms with Gasteiger partial charge in [-0.05, 0) is 32.2 Å². The Morgan fingerprint density at radius 3 is 2.78 bits per heavy atom. The van der Waals surface area contributed by atoms with E-state index in [1.807, 2.05) is 0 Å². The summed E-state index contributed by atoms with van der Waals surface area (Å²) in [6.07, 6.45) is 6.78. The van der Waals surface area contributed by atoms with Gasteiger partial charge < -0.3 is 0 Å². The summed E-state index contributed by atoms with van der Waals surface area (Å²) in [5.74, 6) is 1.43. The van der Waals surface area contributed by atoms with Crippen LogP contribution in [0.2, 0.25) is 0 Å². The normalized spacial score (nSPS) is 18.7. The molecule has 2 nitrogen and oxygen atoms in total. The van der Waals surface area contributed by atoms with Crippen molar-refractivity contribution >= 4 is 22.9 Å². The Hall–Kier alpha value is -0.120. The smallest absolute Gasteiger partial charge is 0.110 e. The lowest BCUT2D eigenvalue weighted by Crippen LogP contribution is -2.28. The summed E-state index contributed by atoms with van der Waals surface area (Å²) in [6.45, 7) is 3.46. The maximum atomic E-state index is 5.84. The van der Waals surface area contributed by atoms with Gasteiger partial charge in [-0.1, -0.05) is 19.8 Å². The zero-order chi connectivity index (χ0) is 13.0. The minimum absolute atomic E-state index is 0.465. The molecule has 4 heteroatoms. The molecule has 0 amide bonds. The summed E-state index contributed by atoms with van der Waals surface area (Å²) in [7, 11) is 2.24. The van der Waals surface area contributed by atoms with Crippen LogP contribution in [0, 0.1) is 5.92 Å². The van der Waals surface area contributed by atoms with Crippen molar-refractivity contribution < 1.29 is 0 Å². The highest BCUT2D eigenvalue weighted by Gasteiger charge is 2.23. The third-order valence-electron chi connectivity index (χ3n) is 3.93. The fourth-order valence-corrected chi connectivity index (χ4v) is 4.23. The van der Waals surface area contributed by atoms with Crippen molar-refractivity contribution in [2.75, 3.05) is 13.6 Å². The Morgan fingerprint density at radius 2 is 2.22 bits per heavy atom. The molecule has 0 aliphatic heterocycles. The van der Waals surface area contributed by atoms with Crippen molar-refractivity contribution in [3.8, 4) is 0 Å². The minimum Gasteiger partial charge on any atom is -0.297 e. The van der Waals surface area contributed by atoms with Crippen molar-refractivity contribution in [3.05, 3.63) is 16.1 Å². The van der Waals surface area contributed by atoms with Gasteiger partial charge in [0, 0.05) is 11.9 Å². The third kappa shape index (κ3) is 3.46. The molecule has 1 atom stereocenters. The molecule has 1 aliphatic carbocycles. The van der Waals surface area contributed by atoms with Gasteiger partial charge in [0.05, 0.1) is 17.6 Å². The lowest BCUT2D eigenvalue weighted by Gasteiger charge is -2.28. The highest BCUT2D eigenvalue weighted by Crippen LogP contribution is 2.31. The van der Waals surface area contributed by atoms with E-state index < -0.39 is 0 Å². The Morgan fingerprint density at radius 1 is 1.50 bits per heavy atom. The molecule has 1 saturated carbocycles. The fourth-order valence-electron chi connectivity index (χ4n) is 2.94. The number of thiazole rings is 1. The van der Waals surface area contributed by atoms with Crippen LogP contribution in [0.4, 0.5) is 0 Å². The second-order valence-electron chi connectivity index (χ2n) is 5.32. The van der Waals surface area contributed by atoms with Crippen molar-refractivity contribution in [1.29, 1.82) is 0 Å². The molecule has 0 radical (unpaired) electrons. The van der Waals surface area contributed by atoms with Crippen LogP contribution >= 0.6 is 22.9 Å². The number of aromatic nitrogens is 1. The Balaban J connectivity index is 1.97. The molecule has 1 fully saturated rings. The second kappa shape index (κ2) is 6.88. The lowest BCUT2D eigenvalue weighted by molar-refractivity contribution is 0.203. The number of halogens is 1. The third-order valence-corrected chi connectivity index (χ3v) is 5.20. The van der Waals surface area contributed by atoms with Gasteiger partial charge >= 0.3 is 0 Å². The quantitative estimate of drug-likeness (QED) is 0.718. The first-order valence-electron chi connectivity index (χ1n) is 6.95. The zero-order valence-corrected chi connectivity index (χ0v) is 12.9. The van der Waals surface area contributed by atoms with E-state index in [0.717, 1.165) is 18.0 Å². The first-order valence-corrected chi connectivity index (χ1v) is 8.36. The largest absolute Gasteiger partial charge is 0.297 e. The standard InChI is InChI=1S/C14H23ClN2S/c1-3-13(14-16-12(8-15)10-18-14)17(2)9-11-6-4-5-7-11/h10-11,13H,3-9H2,1-2H3. The first-order chi connectivity index (χ1) is 8.74. The van der Waals surface area contributed by atoms with Crippen molar-refractivity contribution in [2.45, 2.75) is 50.9 Å². The Bertz CT molecular complexity index is 360. The summed E-state index contributed by atoms with van der Waals surface area (Å²) in [4.78, 5) is 7.13. The monoisotopic (exact) mass is 286 g/mol. The summed E-state index contributed by atoms with van der Waals surface area (Å²) in [5.41, 5.74) is 1.02. The molecule has 102 valence electrons. The maximum Gasteiger partial charge on any atom is 0.110 e. The Labute approximate surface area is 119 Å². The van der Waals surface area contributed by atoms with E-state index in [1.54, 1.807) is 11.3 Å². The molecule has 18 heavy (non-hydrogen) atoms. The van der Waals surface area contributed by atoms with Gasteiger partial charge in [0.15, 0.2) is 0 Å². The molecule has 0 saturated heterocycles. The number of nitrogens with zero attached hydrogens (tertiary/aromatic N) is 2. The van der Waals surface area contributed by atoms with Gasteiger partial charge in [-0.2, -0.15) is 0 Å². The van der Waals surface area contributed by atoms with Gasteiger partial charge in [0.25, 0.3) is 0 Å². The number of rotatable bonds is 6. The molecular weight excluding hydrogens is 264 g/mol. The molecular formula is C14H23ClN2S. The van der Waals surface area contributed by atoms with Crippen LogP contribution in [0.15, 0.2) is 5.38 Å². The SMILES string of the molecule is CCC(c1nc(CCl)cs1)N(C)CC1CCCC1. The number of alkyl halides is 1. The first kappa shape index (κ1) is 14.3. The second-order valence-corrected chi connectivity index (χ2v) is 6.48. The fraction of sp³-hybridized carbons (Fsp3) is 0.786. The van der Waals surface area contributed by atoms with E-state index >= 15 is 0 Å². The predicted octanol–water partition coefficient (Wildman–Crippen LogP) is 4.46. The van der Waals surface area contributed by atoms with Crippen LogP contribution in [0.25, 0.3) is 0 Å². The molecule has 1 unspecified atom stereocenters. The molecule has 1 aromatic rings. The topological polar surface area (TPSA) is 16.1 Å². The van der Waals surface area contributed by atoms with Crippen molar-refractivity contribution in [2.24, 2.45) is 5.92 Å². The average Bonchev–Trinajstić information content (AvgIpc) is 3.01. The van der Waals surface area contributed by atoms with E-state index in [0.29, 0.717) is 11.9 Å². The van der Waals surface area contributed by atoms with Crippen LogP contribution in [0.3, 0.4) is 0 Å². The summed E-state index contributed by atoms with van der Waals surface area (Å²) in [6, 6.07) is 0.465. The van der Waals surface area contributed by atoms with Crippen LogP contribution in [-0.2, 0) is 5.88 Å². The van der Waals surface area contributed by atoms with Crippen molar-refractivity contribution in [3.63, 3.8) is 0 Å². The molecule has 0 aromatic carbocycles. The van der Waals surface area contributed by atoms with E-state index in [2.05, 4.69) is 29.2 Å². The van der Waals surface area contributed by atoms with E-state index in [9.17, 15) is 0 Å². The molecule has 2 rings (SSSR count). The summed E-state index contributed by atoms with van der Waals surface area (Å²) < 4.78 is 0. The van der Waals surface area contributed by atoms with Gasteiger partial charge in [0.1, 0.15) is 5.01 Å². The van der Waals surface area contributed by atoms with E-state index in [1.165, 1.54) is 37.2 Å². The highest BCUT2D eigenvalue weighted by molar-refractivity contribution is 7.09. The van der Waals surface area contributed by atoms with Crippen molar-refractivity contribution in [1.82, 2.24) is 9.88 Å². The van der Waals surface area contributed by atoms with Gasteiger partial charge in [-0.15, -0.1) is 22.9 Å². The van der Waals surface area contributed by atoms with Crippen LogP contribution < -0.4 is 0 Å². The molecule has 1 aromatic heterocycles. The summed E-state index contributed by atoms with van der Waals surface area (Å²) in [5, 5.41) is 3.32. The van der Waals surface area contributed by atoms with Gasteiger partial charge in [-0.25, -0.2) is 4.98 Å². The molecule has 0 bridgehead atoms. The molecule has 0 N–H and O–H groups in total. The Kier molecular flexibility index (Phi) is 5.46. The van der Waals surface area contributed by atoms with E-state index in [-0.39, 0.29) is 0 Å². The van der Waals surface area contributed by atoms with Crippen LogP contribution in [-0.4, -0.2) is 23.5 Å². The number of hydrogen-bond acceptors (Lipinski definition) is 3. The molecule has 1 heterocycles. The minimum atomic E-state index is 0.465. The van der Waals surface area contributed by atoms with Gasteiger partial charge in [-0.3, -0.25) is 4.90 Å². The predicted molar refractivity (Wildman–Crippen MR) is 79.3 cm³/mol. The highest BCUT2D eigenvalue weighted by atomic mass is 35.5.